The lowest BCUT2D eigenvalue weighted by atomic mass is 9.97. The van der Waals surface area contributed by atoms with Crippen molar-refractivity contribution >= 4 is 16.8 Å². The molecule has 2 atom stereocenters. The van der Waals surface area contributed by atoms with Gasteiger partial charge in [-0.15, -0.1) is 0 Å². The molecule has 1 fully saturated rings. The largest absolute Gasteiger partial charge is 0.632 e. The van der Waals surface area contributed by atoms with Crippen LogP contribution in [-0.2, 0) is 11.3 Å². The Morgan fingerprint density at radius 3 is 2.89 bits per heavy atom. The molecule has 1 aromatic heterocycles. The number of ether oxygens (including phenoxy) is 2. The zero-order chi connectivity index (χ0) is 24.6. The maximum Gasteiger partial charge on any atom is 0.228 e. The van der Waals surface area contributed by atoms with Crippen molar-refractivity contribution in [2.45, 2.75) is 12.6 Å². The highest BCUT2D eigenvalue weighted by molar-refractivity contribution is 6.09. The molecular weight excluding hydrogens is 455 g/mol. The number of ketones is 1. The van der Waals surface area contributed by atoms with Gasteiger partial charge in [0.25, 0.3) is 0 Å². The van der Waals surface area contributed by atoms with Gasteiger partial charge in [-0.2, -0.15) is 0 Å². The number of methoxy groups -OCH3 is 1. The van der Waals surface area contributed by atoms with Crippen molar-refractivity contribution in [1.82, 2.24) is 9.97 Å². The first kappa shape index (κ1) is 23.3. The van der Waals surface area contributed by atoms with Gasteiger partial charge >= 0.3 is 0 Å². The molecule has 0 amide bonds. The molecule has 2 N–H and O–H groups in total. The Morgan fingerprint density at radius 1 is 1.31 bits per heavy atom. The summed E-state index contributed by atoms with van der Waals surface area (Å²) in [5.74, 6) is -0.681. The van der Waals surface area contributed by atoms with Crippen LogP contribution in [0.3, 0.4) is 0 Å². The van der Waals surface area contributed by atoms with Gasteiger partial charge in [0, 0.05) is 17.2 Å². The van der Waals surface area contributed by atoms with Crippen LogP contribution in [-0.4, -0.2) is 53.8 Å². The molecule has 10 heteroatoms. The molecule has 2 unspecified atom stereocenters. The Kier molecular flexibility index (Phi) is 6.22. The molecule has 9 nitrogen and oxygen atoms in total. The summed E-state index contributed by atoms with van der Waals surface area (Å²) in [5.41, 5.74) is 2.35. The number of hydrogen-bond donors (Lipinski definition) is 2. The number of nitrogens with zero attached hydrogens (tertiary/aromatic N) is 2. The molecule has 2 aliphatic heterocycles. The number of aromatic amines is 1. The number of quaternary nitrogens is 2. The first-order valence-corrected chi connectivity index (χ1v) is 11.3. The Balaban J connectivity index is 1.42. The summed E-state index contributed by atoms with van der Waals surface area (Å²) < 4.78 is 24.8. The second kappa shape index (κ2) is 9.33. The number of hydroxylamine groups is 5. The van der Waals surface area contributed by atoms with Gasteiger partial charge in [-0.05, 0) is 30.3 Å². The second-order valence-electron chi connectivity index (χ2n) is 8.73. The summed E-state index contributed by atoms with van der Waals surface area (Å²) in [6.07, 6.45) is 4.12. The van der Waals surface area contributed by atoms with Crippen molar-refractivity contribution in [2.24, 2.45) is 0 Å². The van der Waals surface area contributed by atoms with Crippen LogP contribution in [0.15, 0.2) is 60.3 Å². The third-order valence-corrected chi connectivity index (χ3v) is 6.41. The molecule has 182 valence electrons. The number of benzene rings is 2. The number of halogens is 1. The van der Waals surface area contributed by atoms with E-state index < -0.39 is 17.6 Å². The molecule has 0 radical (unpaired) electrons. The maximum absolute atomic E-state index is 14.6. The first-order chi connectivity index (χ1) is 16.9. The van der Waals surface area contributed by atoms with Crippen LogP contribution in [0.2, 0.25) is 0 Å². The molecule has 3 heterocycles. The molecule has 35 heavy (non-hydrogen) atoms. The highest BCUT2D eigenvalue weighted by Gasteiger charge is 2.29. The smallest absolute Gasteiger partial charge is 0.228 e. The van der Waals surface area contributed by atoms with Gasteiger partial charge in [0.2, 0.25) is 5.78 Å². The summed E-state index contributed by atoms with van der Waals surface area (Å²) in [5, 5.41) is 25.1. The van der Waals surface area contributed by atoms with E-state index in [1.807, 2.05) is 6.07 Å². The summed E-state index contributed by atoms with van der Waals surface area (Å²) in [6, 6.07) is 8.77. The predicted molar refractivity (Wildman–Crippen MR) is 126 cm³/mol. The van der Waals surface area contributed by atoms with E-state index >= 15 is 0 Å². The average Bonchev–Trinajstić information content (AvgIpc) is 3.27. The Labute approximate surface area is 200 Å². The molecule has 0 saturated carbocycles. The number of fused-ring (bicyclic) bond motifs is 1. The van der Waals surface area contributed by atoms with E-state index in [0.717, 1.165) is 5.56 Å². The molecule has 2 aliphatic rings. The number of nitrogens with one attached hydrogen (secondary N) is 2. The Morgan fingerprint density at radius 2 is 2.11 bits per heavy atom. The van der Waals surface area contributed by atoms with E-state index in [-0.39, 0.29) is 32.4 Å². The van der Waals surface area contributed by atoms with Crippen LogP contribution in [0, 0.1) is 16.2 Å². The zero-order valence-corrected chi connectivity index (χ0v) is 19.1. The fourth-order valence-electron chi connectivity index (χ4n) is 4.53. The summed E-state index contributed by atoms with van der Waals surface area (Å²) in [7, 11) is 1.40. The Bertz CT molecular complexity index is 1330. The van der Waals surface area contributed by atoms with Crippen molar-refractivity contribution in [3.05, 3.63) is 93.5 Å². The van der Waals surface area contributed by atoms with Crippen molar-refractivity contribution < 1.29 is 28.4 Å². The number of morpholine rings is 1. The molecule has 1 saturated heterocycles. The average molecular weight is 480 g/mol. The first-order valence-electron chi connectivity index (χ1n) is 11.3. The molecule has 0 bridgehead atoms. The van der Waals surface area contributed by atoms with Crippen LogP contribution >= 0.6 is 0 Å². The number of rotatable bonds is 6. The lowest BCUT2D eigenvalue weighted by Crippen LogP contribution is -3.03. The van der Waals surface area contributed by atoms with Crippen LogP contribution in [0.5, 0.6) is 5.75 Å². The van der Waals surface area contributed by atoms with Crippen LogP contribution < -0.4 is 9.80 Å². The van der Waals surface area contributed by atoms with Gasteiger partial charge in [-0.3, -0.25) is 4.79 Å². The molecule has 5 rings (SSSR count). The van der Waals surface area contributed by atoms with Gasteiger partial charge in [0.05, 0.1) is 43.1 Å². The van der Waals surface area contributed by atoms with Gasteiger partial charge in [-0.1, -0.05) is 12.1 Å². The second-order valence-corrected chi connectivity index (χ2v) is 8.73. The number of H-pyrrole nitrogens is 1. The van der Waals surface area contributed by atoms with Gasteiger partial charge in [0.1, 0.15) is 37.2 Å². The standard InChI is InChI=1S/C25H25FN4O5/c1-34-22-4-2-3-18(26)23(22)21-14-17(7-8-29(21)32)24(31)25-27-19-6-5-16(13-20(19)28-25)15-30(33)9-11-35-12-10-30/h2-8,13-14,21,29H,9-12,15H2,1H3,(H,27,28). The highest BCUT2D eigenvalue weighted by atomic mass is 19.1. The molecule has 3 aromatic rings. The third-order valence-electron chi connectivity index (χ3n) is 6.41. The minimum atomic E-state index is -0.989. The van der Waals surface area contributed by atoms with Crippen molar-refractivity contribution in [1.29, 1.82) is 0 Å². The summed E-state index contributed by atoms with van der Waals surface area (Å²) >= 11 is 0. The fraction of sp³-hybridized carbons (Fsp3) is 0.280. The number of hydrogen-bond acceptors (Lipinski definition) is 6. The van der Waals surface area contributed by atoms with Crippen LogP contribution in [0.25, 0.3) is 11.0 Å². The highest BCUT2D eigenvalue weighted by Crippen LogP contribution is 2.30. The van der Waals surface area contributed by atoms with E-state index in [1.165, 1.54) is 37.6 Å². The zero-order valence-electron chi connectivity index (χ0n) is 19.1. The predicted octanol–water partition coefficient (Wildman–Crippen LogP) is 2.32. The molecule has 0 aliphatic carbocycles. The van der Waals surface area contributed by atoms with Crippen LogP contribution in [0.4, 0.5) is 4.39 Å². The van der Waals surface area contributed by atoms with Gasteiger partial charge < -0.3 is 34.6 Å². The number of allylic oxidation sites excluding steroid dienone is 2. The Hall–Kier alpha value is -3.41. The molecule has 2 aromatic carbocycles. The minimum absolute atomic E-state index is 0.0849. The quantitative estimate of drug-likeness (QED) is 0.318. The third kappa shape index (κ3) is 4.62. The van der Waals surface area contributed by atoms with Crippen molar-refractivity contribution in [3.8, 4) is 5.75 Å². The van der Waals surface area contributed by atoms with E-state index in [2.05, 4.69) is 9.97 Å². The number of carbonyl (C=O) groups is 1. The minimum Gasteiger partial charge on any atom is -0.632 e. The number of aromatic nitrogens is 2. The fourth-order valence-corrected chi connectivity index (χ4v) is 4.53. The van der Waals surface area contributed by atoms with Crippen molar-refractivity contribution in [3.63, 3.8) is 0 Å². The van der Waals surface area contributed by atoms with Gasteiger partial charge in [-0.25, -0.2) is 9.37 Å². The van der Waals surface area contributed by atoms with E-state index in [0.29, 0.717) is 43.9 Å². The van der Waals surface area contributed by atoms with Gasteiger partial charge in [0.15, 0.2) is 5.82 Å². The lowest BCUT2D eigenvalue weighted by Gasteiger charge is -2.45. The SMILES string of the molecule is COc1cccc(F)c1C1C=C(C(=O)c2nc3cc(C[N+]4([O-])CCOCC4)ccc3[nH]2)C=C[NH+]1[O-]. The number of carbonyl (C=O) groups excluding carboxylic acids is 1. The normalized spacial score (nSPS) is 21.7. The lowest BCUT2D eigenvalue weighted by molar-refractivity contribution is -0.901. The number of imidazole rings is 1. The maximum atomic E-state index is 14.6. The van der Waals surface area contributed by atoms with E-state index in [9.17, 15) is 19.6 Å². The van der Waals surface area contributed by atoms with E-state index in [1.54, 1.807) is 18.2 Å². The monoisotopic (exact) mass is 480 g/mol. The number of Topliss-reactive ketones (excluding diaryl/α,β-unsaturated/α-hetero) is 1. The van der Waals surface area contributed by atoms with Crippen molar-refractivity contribution in [2.75, 3.05) is 33.4 Å². The summed E-state index contributed by atoms with van der Waals surface area (Å²) in [6.45, 7) is 1.98. The molecule has 0 spiro atoms. The van der Waals surface area contributed by atoms with Crippen LogP contribution in [0.1, 0.15) is 27.8 Å². The molecular formula is C25H25FN4O5. The topological polar surface area (TPSA) is 115 Å². The summed E-state index contributed by atoms with van der Waals surface area (Å²) in [4.78, 5) is 20.7. The van der Waals surface area contributed by atoms with E-state index in [4.69, 9.17) is 9.47 Å².